The largest absolute Gasteiger partial charge is 0.353 e. The van der Waals surface area contributed by atoms with Gasteiger partial charge in [-0.05, 0) is 18.1 Å². The van der Waals surface area contributed by atoms with Gasteiger partial charge in [-0.15, -0.1) is 5.10 Å². The summed E-state index contributed by atoms with van der Waals surface area (Å²) < 4.78 is 25.9. The summed E-state index contributed by atoms with van der Waals surface area (Å²) in [5.41, 5.74) is 0.388. The predicted molar refractivity (Wildman–Crippen MR) is 72.8 cm³/mol. The van der Waals surface area contributed by atoms with Gasteiger partial charge in [0.2, 0.25) is 5.95 Å². The highest BCUT2D eigenvalue weighted by atomic mass is 19.2. The molecule has 0 amide bonds. The maximum Gasteiger partial charge on any atom is 0.244 e. The molecule has 1 heterocycles. The normalized spacial score (nSPS) is 10.7. The first-order valence-electron chi connectivity index (χ1n) is 6.20. The van der Waals surface area contributed by atoms with Crippen molar-refractivity contribution >= 4 is 17.5 Å². The lowest BCUT2D eigenvalue weighted by Crippen LogP contribution is -2.11. The zero-order valence-electron chi connectivity index (χ0n) is 11.2. The minimum absolute atomic E-state index is 0.381. The molecule has 0 fully saturated rings. The number of nitrogens with zero attached hydrogens (tertiary/aromatic N) is 3. The number of halogens is 2. The van der Waals surface area contributed by atoms with Crippen molar-refractivity contribution in [2.45, 2.75) is 13.8 Å². The van der Waals surface area contributed by atoms with E-state index in [9.17, 15) is 8.78 Å². The summed E-state index contributed by atoms with van der Waals surface area (Å²) in [5, 5.41) is 13.5. The number of anilines is 3. The quantitative estimate of drug-likeness (QED) is 0.881. The van der Waals surface area contributed by atoms with E-state index in [0.29, 0.717) is 23.4 Å². The van der Waals surface area contributed by atoms with Gasteiger partial charge in [-0.25, -0.2) is 8.78 Å². The molecule has 7 heteroatoms. The van der Waals surface area contributed by atoms with Gasteiger partial charge in [0.05, 0.1) is 6.20 Å². The molecule has 0 radical (unpaired) electrons. The maximum absolute atomic E-state index is 13.1. The molecule has 5 nitrogen and oxygen atoms in total. The second-order valence-corrected chi connectivity index (χ2v) is 4.69. The van der Waals surface area contributed by atoms with Crippen molar-refractivity contribution in [1.82, 2.24) is 15.2 Å². The van der Waals surface area contributed by atoms with Gasteiger partial charge in [0.1, 0.15) is 0 Å². The third kappa shape index (κ3) is 3.84. The van der Waals surface area contributed by atoms with Crippen LogP contribution in [-0.2, 0) is 0 Å². The second-order valence-electron chi connectivity index (χ2n) is 4.69. The number of hydrogen-bond donors (Lipinski definition) is 2. The first-order valence-corrected chi connectivity index (χ1v) is 6.20. The fraction of sp³-hybridized carbons (Fsp3) is 0.308. The van der Waals surface area contributed by atoms with Gasteiger partial charge in [0.15, 0.2) is 17.5 Å². The second kappa shape index (κ2) is 6.23. The molecule has 1 aromatic carbocycles. The smallest absolute Gasteiger partial charge is 0.244 e. The van der Waals surface area contributed by atoms with Crippen LogP contribution in [-0.4, -0.2) is 21.7 Å². The Labute approximate surface area is 115 Å². The topological polar surface area (TPSA) is 62.7 Å². The fourth-order valence-electron chi connectivity index (χ4n) is 1.46. The van der Waals surface area contributed by atoms with Crippen LogP contribution in [0, 0.1) is 17.6 Å². The monoisotopic (exact) mass is 279 g/mol. The third-order valence-electron chi connectivity index (χ3n) is 2.42. The van der Waals surface area contributed by atoms with Gasteiger partial charge >= 0.3 is 0 Å². The average molecular weight is 279 g/mol. The van der Waals surface area contributed by atoms with Gasteiger partial charge in [-0.1, -0.05) is 13.8 Å². The molecule has 1 aromatic heterocycles. The van der Waals surface area contributed by atoms with E-state index in [1.807, 2.05) is 0 Å². The lowest BCUT2D eigenvalue weighted by molar-refractivity contribution is 0.509. The van der Waals surface area contributed by atoms with Crippen LogP contribution in [0.2, 0.25) is 0 Å². The Morgan fingerprint density at radius 1 is 1.20 bits per heavy atom. The Morgan fingerprint density at radius 3 is 2.70 bits per heavy atom. The van der Waals surface area contributed by atoms with E-state index in [-0.39, 0.29) is 0 Å². The van der Waals surface area contributed by atoms with E-state index in [1.54, 1.807) is 0 Å². The molecule has 2 rings (SSSR count). The number of benzene rings is 1. The SMILES string of the molecule is CC(C)CNc1nncc(Nc2ccc(F)c(F)c2)n1. The predicted octanol–water partition coefficient (Wildman–Crippen LogP) is 2.96. The van der Waals surface area contributed by atoms with E-state index in [2.05, 4.69) is 39.7 Å². The first-order chi connectivity index (χ1) is 9.54. The molecule has 0 bridgehead atoms. The molecule has 2 aromatic rings. The Hall–Kier alpha value is -2.31. The van der Waals surface area contributed by atoms with Gasteiger partial charge in [-0.3, -0.25) is 0 Å². The maximum atomic E-state index is 13.1. The van der Waals surface area contributed by atoms with Gasteiger partial charge in [-0.2, -0.15) is 10.1 Å². The molecule has 20 heavy (non-hydrogen) atoms. The van der Waals surface area contributed by atoms with E-state index >= 15 is 0 Å². The molecule has 0 spiro atoms. The Kier molecular flexibility index (Phi) is 4.39. The van der Waals surface area contributed by atoms with E-state index in [1.165, 1.54) is 12.3 Å². The van der Waals surface area contributed by atoms with Crippen LogP contribution < -0.4 is 10.6 Å². The number of aromatic nitrogens is 3. The van der Waals surface area contributed by atoms with Crippen molar-refractivity contribution in [2.75, 3.05) is 17.2 Å². The van der Waals surface area contributed by atoms with E-state index in [4.69, 9.17) is 0 Å². The van der Waals surface area contributed by atoms with Crippen LogP contribution >= 0.6 is 0 Å². The summed E-state index contributed by atoms with van der Waals surface area (Å²) >= 11 is 0. The highest BCUT2D eigenvalue weighted by molar-refractivity contribution is 5.56. The van der Waals surface area contributed by atoms with Gasteiger partial charge in [0, 0.05) is 18.3 Å². The Bertz CT molecular complexity index is 589. The Morgan fingerprint density at radius 2 is 2.00 bits per heavy atom. The summed E-state index contributed by atoms with van der Waals surface area (Å²) in [5.74, 6) is -0.587. The molecule has 0 saturated heterocycles. The lowest BCUT2D eigenvalue weighted by Gasteiger charge is -2.09. The van der Waals surface area contributed by atoms with Crippen LogP contribution in [0.25, 0.3) is 0 Å². The fourth-order valence-corrected chi connectivity index (χ4v) is 1.46. The molecule has 0 aliphatic carbocycles. The highest BCUT2D eigenvalue weighted by Gasteiger charge is 2.05. The summed E-state index contributed by atoms with van der Waals surface area (Å²) in [7, 11) is 0. The first kappa shape index (κ1) is 14.1. The van der Waals surface area contributed by atoms with Gasteiger partial charge < -0.3 is 10.6 Å². The summed E-state index contributed by atoms with van der Waals surface area (Å²) in [4.78, 5) is 4.18. The molecular weight excluding hydrogens is 264 g/mol. The van der Waals surface area contributed by atoms with Gasteiger partial charge in [0.25, 0.3) is 0 Å². The zero-order chi connectivity index (χ0) is 14.5. The summed E-state index contributed by atoms with van der Waals surface area (Å²) in [6, 6.07) is 3.52. The van der Waals surface area contributed by atoms with Crippen molar-refractivity contribution in [2.24, 2.45) is 5.92 Å². The highest BCUT2D eigenvalue weighted by Crippen LogP contribution is 2.17. The van der Waals surface area contributed by atoms with Crippen LogP contribution in [0.4, 0.5) is 26.2 Å². The molecule has 2 N–H and O–H groups in total. The zero-order valence-corrected chi connectivity index (χ0v) is 11.2. The van der Waals surface area contributed by atoms with Crippen molar-refractivity contribution in [1.29, 1.82) is 0 Å². The molecule has 0 unspecified atom stereocenters. The van der Waals surface area contributed by atoms with Crippen molar-refractivity contribution in [3.05, 3.63) is 36.0 Å². The van der Waals surface area contributed by atoms with Crippen LogP contribution in [0.5, 0.6) is 0 Å². The van der Waals surface area contributed by atoms with Crippen molar-refractivity contribution in [3.8, 4) is 0 Å². The molecular formula is C13H15F2N5. The molecule has 0 aliphatic rings. The molecule has 0 aliphatic heterocycles. The van der Waals surface area contributed by atoms with Crippen molar-refractivity contribution < 1.29 is 8.78 Å². The standard InChI is InChI=1S/C13H15F2N5/c1-8(2)6-16-13-19-12(7-17-20-13)18-9-3-4-10(14)11(15)5-9/h3-5,7-8H,6H2,1-2H3,(H2,16,18,19,20). The molecule has 0 atom stereocenters. The van der Waals surface area contributed by atoms with Crippen molar-refractivity contribution in [3.63, 3.8) is 0 Å². The average Bonchev–Trinajstić information content (AvgIpc) is 2.41. The summed E-state index contributed by atoms with van der Waals surface area (Å²) in [6.45, 7) is 4.84. The molecule has 106 valence electrons. The number of nitrogens with one attached hydrogen (secondary N) is 2. The number of hydrogen-bond acceptors (Lipinski definition) is 5. The minimum atomic E-state index is -0.921. The minimum Gasteiger partial charge on any atom is -0.353 e. The Balaban J connectivity index is 2.08. The van der Waals surface area contributed by atoms with Crippen LogP contribution in [0.15, 0.2) is 24.4 Å². The number of rotatable bonds is 5. The lowest BCUT2D eigenvalue weighted by atomic mass is 10.2. The third-order valence-corrected chi connectivity index (χ3v) is 2.42. The van der Waals surface area contributed by atoms with Crippen LogP contribution in [0.3, 0.4) is 0 Å². The summed E-state index contributed by atoms with van der Waals surface area (Å²) in [6.07, 6.45) is 1.40. The molecule has 0 saturated carbocycles. The van der Waals surface area contributed by atoms with E-state index < -0.39 is 11.6 Å². The van der Waals surface area contributed by atoms with E-state index in [0.717, 1.165) is 18.7 Å². The van der Waals surface area contributed by atoms with Crippen LogP contribution in [0.1, 0.15) is 13.8 Å².